The van der Waals surface area contributed by atoms with Crippen molar-refractivity contribution in [3.05, 3.63) is 44.5 Å². The van der Waals surface area contributed by atoms with Gasteiger partial charge < -0.3 is 20.6 Å². The fraction of sp³-hybridized carbons (Fsp3) is 0.400. The Morgan fingerprint density at radius 2 is 1.87 bits per heavy atom. The Labute approximate surface area is 138 Å². The summed E-state index contributed by atoms with van der Waals surface area (Å²) in [6.07, 6.45) is 1.03. The third-order valence-electron chi connectivity index (χ3n) is 4.13. The van der Waals surface area contributed by atoms with Gasteiger partial charge in [0, 0.05) is 18.2 Å². The van der Waals surface area contributed by atoms with E-state index in [2.05, 4.69) is 27.5 Å². The predicted octanol–water partition coefficient (Wildman–Crippen LogP) is 0.366. The van der Waals surface area contributed by atoms with E-state index in [1.807, 2.05) is 0 Å². The molecule has 8 heteroatoms. The molecule has 23 heavy (non-hydrogen) atoms. The van der Waals surface area contributed by atoms with Crippen LogP contribution in [0.15, 0.2) is 27.8 Å². The van der Waals surface area contributed by atoms with Gasteiger partial charge in [-0.2, -0.15) is 0 Å². The normalized spacial score (nSPS) is 20.7. The molecule has 1 amide bonds. The molecule has 2 heterocycles. The average Bonchev–Trinajstić information content (AvgIpc) is 2.50. The smallest absolute Gasteiger partial charge is 0.314 e. The number of halogens is 1. The van der Waals surface area contributed by atoms with Crippen LogP contribution in [0.25, 0.3) is 11.0 Å². The van der Waals surface area contributed by atoms with Gasteiger partial charge in [0.1, 0.15) is 0 Å². The highest BCUT2D eigenvalue weighted by atomic mass is 35.5. The SMILES string of the molecule is CC1CCNCC1NC(=O)c1ccc2[nH]c(=O)c(=O)[nH]c2c1.Cl. The van der Waals surface area contributed by atoms with Crippen molar-refractivity contribution in [1.29, 1.82) is 0 Å². The van der Waals surface area contributed by atoms with Gasteiger partial charge in [0.15, 0.2) is 0 Å². The van der Waals surface area contributed by atoms with Crippen molar-refractivity contribution < 1.29 is 4.79 Å². The number of H-pyrrole nitrogens is 2. The van der Waals surface area contributed by atoms with Gasteiger partial charge >= 0.3 is 11.1 Å². The molecule has 7 nitrogen and oxygen atoms in total. The molecule has 0 aliphatic carbocycles. The van der Waals surface area contributed by atoms with Crippen molar-refractivity contribution in [3.8, 4) is 0 Å². The van der Waals surface area contributed by atoms with Crippen LogP contribution in [-0.2, 0) is 0 Å². The average molecular weight is 339 g/mol. The summed E-state index contributed by atoms with van der Waals surface area (Å²) < 4.78 is 0. The maximum atomic E-state index is 12.4. The van der Waals surface area contributed by atoms with Crippen LogP contribution in [-0.4, -0.2) is 35.0 Å². The zero-order valence-electron chi connectivity index (χ0n) is 12.6. The summed E-state index contributed by atoms with van der Waals surface area (Å²) in [4.78, 5) is 39.9. The number of aromatic nitrogens is 2. The minimum absolute atomic E-state index is 0. The topological polar surface area (TPSA) is 107 Å². The minimum atomic E-state index is -0.727. The van der Waals surface area contributed by atoms with Gasteiger partial charge in [0.25, 0.3) is 5.91 Å². The summed E-state index contributed by atoms with van der Waals surface area (Å²) in [6, 6.07) is 4.91. The molecule has 1 aliphatic rings. The van der Waals surface area contributed by atoms with Gasteiger partial charge in [-0.1, -0.05) is 6.92 Å². The van der Waals surface area contributed by atoms with Crippen LogP contribution in [0.5, 0.6) is 0 Å². The number of hydrogen-bond donors (Lipinski definition) is 4. The van der Waals surface area contributed by atoms with Gasteiger partial charge in [-0.3, -0.25) is 14.4 Å². The Morgan fingerprint density at radius 3 is 2.57 bits per heavy atom. The van der Waals surface area contributed by atoms with Crippen LogP contribution in [0.4, 0.5) is 0 Å². The van der Waals surface area contributed by atoms with E-state index in [-0.39, 0.29) is 24.4 Å². The van der Waals surface area contributed by atoms with Crippen LogP contribution >= 0.6 is 12.4 Å². The highest BCUT2D eigenvalue weighted by molar-refractivity contribution is 5.97. The summed E-state index contributed by atoms with van der Waals surface area (Å²) in [6.45, 7) is 3.84. The highest BCUT2D eigenvalue weighted by Crippen LogP contribution is 2.13. The lowest BCUT2D eigenvalue weighted by Crippen LogP contribution is -2.50. The lowest BCUT2D eigenvalue weighted by molar-refractivity contribution is 0.0915. The first-order chi connectivity index (χ1) is 10.5. The van der Waals surface area contributed by atoms with E-state index in [4.69, 9.17) is 0 Å². The predicted molar refractivity (Wildman–Crippen MR) is 90.3 cm³/mol. The van der Waals surface area contributed by atoms with Gasteiger partial charge in [-0.25, -0.2) is 0 Å². The second kappa shape index (κ2) is 6.97. The molecule has 0 bridgehead atoms. The zero-order valence-corrected chi connectivity index (χ0v) is 13.5. The molecular weight excluding hydrogens is 320 g/mol. The monoisotopic (exact) mass is 338 g/mol. The number of nitrogens with one attached hydrogen (secondary N) is 4. The molecule has 1 aromatic carbocycles. The number of fused-ring (bicyclic) bond motifs is 1. The Kier molecular flexibility index (Phi) is 5.23. The molecule has 2 aromatic rings. The molecule has 0 spiro atoms. The van der Waals surface area contributed by atoms with Crippen molar-refractivity contribution in [1.82, 2.24) is 20.6 Å². The molecule has 0 radical (unpaired) electrons. The van der Waals surface area contributed by atoms with E-state index < -0.39 is 11.1 Å². The molecule has 2 atom stereocenters. The van der Waals surface area contributed by atoms with E-state index in [0.29, 0.717) is 22.5 Å². The Balaban J connectivity index is 0.00000192. The molecule has 0 saturated carbocycles. The highest BCUT2D eigenvalue weighted by Gasteiger charge is 2.23. The molecule has 124 valence electrons. The van der Waals surface area contributed by atoms with Crippen molar-refractivity contribution in [2.24, 2.45) is 5.92 Å². The van der Waals surface area contributed by atoms with Gasteiger partial charge in [-0.15, -0.1) is 12.4 Å². The summed E-state index contributed by atoms with van der Waals surface area (Å²) in [5, 5.41) is 6.27. The first-order valence-electron chi connectivity index (χ1n) is 7.32. The number of carbonyl (C=O) groups excluding carboxylic acids is 1. The van der Waals surface area contributed by atoms with Crippen LogP contribution in [0.3, 0.4) is 0 Å². The summed E-state index contributed by atoms with van der Waals surface area (Å²) >= 11 is 0. The number of carbonyl (C=O) groups is 1. The molecular formula is C15H19ClN4O3. The summed E-state index contributed by atoms with van der Waals surface area (Å²) in [7, 11) is 0. The summed E-state index contributed by atoms with van der Waals surface area (Å²) in [5.41, 5.74) is -0.0455. The number of benzene rings is 1. The summed E-state index contributed by atoms with van der Waals surface area (Å²) in [5.74, 6) is 0.233. The van der Waals surface area contributed by atoms with Crippen LogP contribution in [0.1, 0.15) is 23.7 Å². The van der Waals surface area contributed by atoms with Crippen molar-refractivity contribution >= 4 is 29.3 Å². The quantitative estimate of drug-likeness (QED) is 0.593. The Hall–Kier alpha value is -2.12. The second-order valence-electron chi connectivity index (χ2n) is 5.72. The van der Waals surface area contributed by atoms with E-state index in [9.17, 15) is 14.4 Å². The van der Waals surface area contributed by atoms with E-state index in [1.165, 1.54) is 0 Å². The first-order valence-corrected chi connectivity index (χ1v) is 7.32. The minimum Gasteiger partial charge on any atom is -0.348 e. The third-order valence-corrected chi connectivity index (χ3v) is 4.13. The van der Waals surface area contributed by atoms with Crippen molar-refractivity contribution in [3.63, 3.8) is 0 Å². The fourth-order valence-electron chi connectivity index (χ4n) is 2.69. The van der Waals surface area contributed by atoms with Gasteiger partial charge in [-0.05, 0) is 37.1 Å². The zero-order chi connectivity index (χ0) is 15.7. The number of amides is 1. The van der Waals surface area contributed by atoms with E-state index in [0.717, 1.165) is 19.5 Å². The molecule has 4 N–H and O–H groups in total. The maximum absolute atomic E-state index is 12.4. The van der Waals surface area contributed by atoms with Crippen molar-refractivity contribution in [2.75, 3.05) is 13.1 Å². The van der Waals surface area contributed by atoms with E-state index >= 15 is 0 Å². The first kappa shape index (κ1) is 17.2. The molecule has 3 rings (SSSR count). The number of hydrogen-bond acceptors (Lipinski definition) is 4. The third kappa shape index (κ3) is 3.62. The van der Waals surface area contributed by atoms with Gasteiger partial charge in [0.2, 0.25) is 0 Å². The Bertz CT molecular complexity index is 829. The van der Waals surface area contributed by atoms with Gasteiger partial charge in [0.05, 0.1) is 11.0 Å². The largest absolute Gasteiger partial charge is 0.348 e. The Morgan fingerprint density at radius 1 is 1.17 bits per heavy atom. The number of aromatic amines is 2. The maximum Gasteiger partial charge on any atom is 0.314 e. The molecule has 1 fully saturated rings. The lowest BCUT2D eigenvalue weighted by atomic mass is 9.94. The molecule has 1 saturated heterocycles. The lowest BCUT2D eigenvalue weighted by Gasteiger charge is -2.30. The standard InChI is InChI=1S/C15H18N4O3.ClH/c1-8-4-5-16-7-12(8)19-13(20)9-2-3-10-11(6-9)18-15(22)14(21)17-10;/h2-3,6,8,12,16H,4-5,7H2,1H3,(H,17,21)(H,18,22)(H,19,20);1H. The van der Waals surface area contributed by atoms with Crippen LogP contribution in [0, 0.1) is 5.92 Å². The second-order valence-corrected chi connectivity index (χ2v) is 5.72. The number of piperidine rings is 1. The van der Waals surface area contributed by atoms with E-state index in [1.54, 1.807) is 18.2 Å². The molecule has 1 aromatic heterocycles. The number of rotatable bonds is 2. The van der Waals surface area contributed by atoms with Crippen LogP contribution < -0.4 is 21.8 Å². The van der Waals surface area contributed by atoms with Crippen LogP contribution in [0.2, 0.25) is 0 Å². The fourth-order valence-corrected chi connectivity index (χ4v) is 2.69. The molecule has 1 aliphatic heterocycles. The molecule has 2 unspecified atom stereocenters. The van der Waals surface area contributed by atoms with Crippen molar-refractivity contribution in [2.45, 2.75) is 19.4 Å².